The molecule has 2 rings (SSSR count). The topological polar surface area (TPSA) is 29.1 Å². The van der Waals surface area contributed by atoms with Gasteiger partial charge in [0.1, 0.15) is 0 Å². The van der Waals surface area contributed by atoms with Gasteiger partial charge in [-0.15, -0.1) is 11.8 Å². The Kier molecular flexibility index (Phi) is 7.00. The monoisotopic (exact) mass is 347 g/mol. The largest absolute Gasteiger partial charge is 0.348 e. The van der Waals surface area contributed by atoms with Crippen molar-refractivity contribution in [1.82, 2.24) is 5.32 Å². The Morgan fingerprint density at radius 1 is 1.04 bits per heavy atom. The molecular formula is C19H22ClNOS. The van der Waals surface area contributed by atoms with Crippen molar-refractivity contribution in [1.29, 1.82) is 0 Å². The molecule has 0 unspecified atom stereocenters. The van der Waals surface area contributed by atoms with E-state index in [1.165, 1.54) is 0 Å². The molecule has 2 atom stereocenters. The van der Waals surface area contributed by atoms with Crippen LogP contribution in [0.5, 0.6) is 0 Å². The molecule has 0 spiro atoms. The van der Waals surface area contributed by atoms with Gasteiger partial charge < -0.3 is 5.32 Å². The number of nitrogens with one attached hydrogen (secondary N) is 1. The molecule has 0 bridgehead atoms. The van der Waals surface area contributed by atoms with Crippen LogP contribution in [0.25, 0.3) is 0 Å². The zero-order valence-electron chi connectivity index (χ0n) is 13.5. The van der Waals surface area contributed by atoms with Gasteiger partial charge >= 0.3 is 0 Å². The van der Waals surface area contributed by atoms with Crippen LogP contribution in [0, 0.1) is 0 Å². The van der Waals surface area contributed by atoms with E-state index in [0.29, 0.717) is 5.02 Å². The summed E-state index contributed by atoms with van der Waals surface area (Å²) in [5.41, 5.74) is 1.15. The van der Waals surface area contributed by atoms with E-state index >= 15 is 0 Å². The zero-order chi connectivity index (χ0) is 16.7. The second-order valence-electron chi connectivity index (χ2n) is 5.35. The number of carbonyl (C=O) groups excluding carboxylic acids is 1. The fourth-order valence-electron chi connectivity index (χ4n) is 2.37. The van der Waals surface area contributed by atoms with Gasteiger partial charge in [0.15, 0.2) is 0 Å². The Morgan fingerprint density at radius 3 is 2.26 bits per heavy atom. The lowest BCUT2D eigenvalue weighted by Crippen LogP contribution is -2.35. The van der Waals surface area contributed by atoms with E-state index in [2.05, 4.69) is 24.4 Å². The van der Waals surface area contributed by atoms with Crippen molar-refractivity contribution >= 4 is 29.3 Å². The average Bonchev–Trinajstić information content (AvgIpc) is 2.59. The molecule has 1 amide bonds. The number of rotatable bonds is 7. The van der Waals surface area contributed by atoms with Gasteiger partial charge in [0.2, 0.25) is 5.91 Å². The summed E-state index contributed by atoms with van der Waals surface area (Å²) in [5.74, 6) is 0.0863. The van der Waals surface area contributed by atoms with Gasteiger partial charge in [0.05, 0.1) is 11.3 Å². The van der Waals surface area contributed by atoms with Crippen molar-refractivity contribution in [2.24, 2.45) is 0 Å². The Morgan fingerprint density at radius 2 is 1.70 bits per heavy atom. The number of hydrogen-bond acceptors (Lipinski definition) is 2. The second kappa shape index (κ2) is 8.99. The van der Waals surface area contributed by atoms with Gasteiger partial charge in [0, 0.05) is 9.92 Å². The molecule has 4 heteroatoms. The van der Waals surface area contributed by atoms with Crippen molar-refractivity contribution in [2.75, 3.05) is 0 Å². The van der Waals surface area contributed by atoms with Gasteiger partial charge in [-0.1, -0.05) is 55.8 Å². The lowest BCUT2D eigenvalue weighted by Gasteiger charge is -2.21. The third kappa shape index (κ3) is 5.29. The van der Waals surface area contributed by atoms with Crippen molar-refractivity contribution in [2.45, 2.75) is 42.9 Å². The van der Waals surface area contributed by atoms with Gasteiger partial charge in [-0.25, -0.2) is 0 Å². The van der Waals surface area contributed by atoms with Crippen molar-refractivity contribution in [3.8, 4) is 0 Å². The standard InChI is InChI=1S/C19H22ClNOS/c1-3-17(14-8-6-5-7-9-14)21-19(22)18(4-2)23-16-12-10-15(20)11-13-16/h5-13,17-18H,3-4H2,1-2H3,(H,21,22)/t17-,18-/m0/s1. The van der Waals surface area contributed by atoms with Crippen LogP contribution in [0.2, 0.25) is 5.02 Å². The fourth-order valence-corrected chi connectivity index (χ4v) is 3.46. The molecule has 0 heterocycles. The van der Waals surface area contributed by atoms with E-state index in [1.807, 2.05) is 49.4 Å². The average molecular weight is 348 g/mol. The van der Waals surface area contributed by atoms with Crippen molar-refractivity contribution in [3.05, 3.63) is 65.2 Å². The molecule has 0 radical (unpaired) electrons. The SMILES string of the molecule is CC[C@H](Sc1ccc(Cl)cc1)C(=O)N[C@@H](CC)c1ccccc1. The van der Waals surface area contributed by atoms with E-state index in [9.17, 15) is 4.79 Å². The predicted molar refractivity (Wildman–Crippen MR) is 99.0 cm³/mol. The summed E-state index contributed by atoms with van der Waals surface area (Å²) >= 11 is 7.49. The summed E-state index contributed by atoms with van der Waals surface area (Å²) in [4.78, 5) is 13.7. The Balaban J connectivity index is 2.02. The van der Waals surface area contributed by atoms with Crippen LogP contribution in [-0.4, -0.2) is 11.2 Å². The highest BCUT2D eigenvalue weighted by molar-refractivity contribution is 8.00. The molecule has 23 heavy (non-hydrogen) atoms. The number of amides is 1. The molecule has 0 aliphatic carbocycles. The lowest BCUT2D eigenvalue weighted by atomic mass is 10.0. The number of halogens is 1. The van der Waals surface area contributed by atoms with Gasteiger partial charge in [-0.3, -0.25) is 4.79 Å². The minimum absolute atomic E-state index is 0.0589. The van der Waals surface area contributed by atoms with Crippen LogP contribution in [0.15, 0.2) is 59.5 Å². The smallest absolute Gasteiger partial charge is 0.233 e. The van der Waals surface area contributed by atoms with E-state index in [1.54, 1.807) is 11.8 Å². The lowest BCUT2D eigenvalue weighted by molar-refractivity contribution is -0.121. The van der Waals surface area contributed by atoms with E-state index in [-0.39, 0.29) is 17.2 Å². The summed E-state index contributed by atoms with van der Waals surface area (Å²) in [6.07, 6.45) is 1.65. The maximum atomic E-state index is 12.6. The summed E-state index contributed by atoms with van der Waals surface area (Å²) < 4.78 is 0. The molecule has 2 nitrogen and oxygen atoms in total. The first-order chi connectivity index (χ1) is 11.1. The van der Waals surface area contributed by atoms with Crippen molar-refractivity contribution < 1.29 is 4.79 Å². The highest BCUT2D eigenvalue weighted by Crippen LogP contribution is 2.27. The van der Waals surface area contributed by atoms with Crippen LogP contribution in [-0.2, 0) is 4.79 Å². The minimum Gasteiger partial charge on any atom is -0.348 e. The molecule has 0 aromatic heterocycles. The van der Waals surface area contributed by atoms with E-state index < -0.39 is 0 Å². The Hall–Kier alpha value is -1.45. The molecule has 0 saturated heterocycles. The first-order valence-corrected chi connectivity index (χ1v) is 9.17. The van der Waals surface area contributed by atoms with Crippen LogP contribution in [0.1, 0.15) is 38.3 Å². The molecule has 2 aromatic rings. The Bertz CT molecular complexity index is 615. The van der Waals surface area contributed by atoms with Gasteiger partial charge in [-0.05, 0) is 42.7 Å². The molecule has 0 saturated carbocycles. The third-order valence-corrected chi connectivity index (χ3v) is 5.31. The quantitative estimate of drug-likeness (QED) is 0.672. The summed E-state index contributed by atoms with van der Waals surface area (Å²) in [6, 6.07) is 17.8. The normalized spacial score (nSPS) is 13.3. The molecule has 122 valence electrons. The zero-order valence-corrected chi connectivity index (χ0v) is 15.0. The van der Waals surface area contributed by atoms with Crippen molar-refractivity contribution in [3.63, 3.8) is 0 Å². The summed E-state index contributed by atoms with van der Waals surface area (Å²) in [5, 5.41) is 3.79. The molecule has 2 aromatic carbocycles. The van der Waals surface area contributed by atoms with Crippen LogP contribution in [0.3, 0.4) is 0 Å². The fraction of sp³-hybridized carbons (Fsp3) is 0.316. The highest BCUT2D eigenvalue weighted by atomic mass is 35.5. The summed E-state index contributed by atoms with van der Waals surface area (Å²) in [6.45, 7) is 4.13. The molecule has 0 fully saturated rings. The second-order valence-corrected chi connectivity index (χ2v) is 7.06. The first kappa shape index (κ1) is 17.9. The van der Waals surface area contributed by atoms with Gasteiger partial charge in [-0.2, -0.15) is 0 Å². The maximum absolute atomic E-state index is 12.6. The number of hydrogen-bond donors (Lipinski definition) is 1. The molecule has 0 aliphatic heterocycles. The molecule has 1 N–H and O–H groups in total. The minimum atomic E-state index is -0.103. The number of thioether (sulfide) groups is 1. The van der Waals surface area contributed by atoms with E-state index in [4.69, 9.17) is 11.6 Å². The predicted octanol–water partition coefficient (Wildman–Crippen LogP) is 5.48. The van der Waals surface area contributed by atoms with Gasteiger partial charge in [0.25, 0.3) is 0 Å². The summed E-state index contributed by atoms with van der Waals surface area (Å²) in [7, 11) is 0. The van der Waals surface area contributed by atoms with Crippen LogP contribution in [0.4, 0.5) is 0 Å². The van der Waals surface area contributed by atoms with Crippen LogP contribution < -0.4 is 5.32 Å². The van der Waals surface area contributed by atoms with Crippen LogP contribution >= 0.6 is 23.4 Å². The number of benzene rings is 2. The Labute approximate surface area is 147 Å². The number of carbonyl (C=O) groups is 1. The first-order valence-electron chi connectivity index (χ1n) is 7.91. The molecule has 0 aliphatic rings. The molecular weight excluding hydrogens is 326 g/mol. The maximum Gasteiger partial charge on any atom is 0.233 e. The van der Waals surface area contributed by atoms with E-state index in [0.717, 1.165) is 23.3 Å². The third-order valence-electron chi connectivity index (χ3n) is 3.68. The highest BCUT2D eigenvalue weighted by Gasteiger charge is 2.21.